The zero-order valence-electron chi connectivity index (χ0n) is 5.93. The zero-order chi connectivity index (χ0) is 7.56. The molecular formula is C6H8Br2N2O. The number of hydrogen-bond acceptors (Lipinski definition) is 2. The maximum Gasteiger partial charge on any atom is 0.208 e. The molecule has 0 unspecified atom stereocenters. The summed E-state index contributed by atoms with van der Waals surface area (Å²) in [6.07, 6.45) is 1.63. The van der Waals surface area contributed by atoms with Crippen molar-refractivity contribution in [3.8, 4) is 0 Å². The van der Waals surface area contributed by atoms with Crippen LogP contribution >= 0.6 is 32.9 Å². The van der Waals surface area contributed by atoms with Gasteiger partial charge in [-0.2, -0.15) is 0 Å². The third-order valence-corrected chi connectivity index (χ3v) is 1.60. The lowest BCUT2D eigenvalue weighted by Crippen LogP contribution is -2.01. The molecule has 0 aliphatic rings. The Balaban J connectivity index is 0.000001000. The van der Waals surface area contributed by atoms with E-state index in [1.54, 1.807) is 6.20 Å². The Bertz CT molecular complexity index is 246. The second-order valence-electron chi connectivity index (χ2n) is 1.97. The molecule has 0 fully saturated rings. The lowest BCUT2D eigenvalue weighted by Gasteiger charge is -1.86. The fraction of sp³-hybridized carbons (Fsp3) is 0.333. The van der Waals surface area contributed by atoms with E-state index >= 15 is 0 Å². The lowest BCUT2D eigenvalue weighted by atomic mass is 10.4. The van der Waals surface area contributed by atoms with E-state index in [2.05, 4.69) is 25.9 Å². The van der Waals surface area contributed by atoms with Crippen LogP contribution in [0.2, 0.25) is 0 Å². The van der Waals surface area contributed by atoms with Gasteiger partial charge < -0.3 is 4.98 Å². The first-order valence-corrected chi connectivity index (χ1v) is 3.97. The van der Waals surface area contributed by atoms with Crippen LogP contribution in [0.3, 0.4) is 0 Å². The molecule has 0 bridgehead atoms. The molecule has 1 N–H and O–H groups in total. The Morgan fingerprint density at radius 1 is 1.82 bits per heavy atom. The SMILES string of the molecule is Br.Cc1cnc(C(=O)CBr)[nH]1. The molecule has 0 spiro atoms. The largest absolute Gasteiger partial charge is 0.340 e. The Kier molecular flexibility index (Phi) is 4.60. The van der Waals surface area contributed by atoms with Crippen molar-refractivity contribution < 1.29 is 4.79 Å². The Morgan fingerprint density at radius 3 is 2.82 bits per heavy atom. The average molecular weight is 284 g/mol. The van der Waals surface area contributed by atoms with Gasteiger partial charge in [-0.15, -0.1) is 17.0 Å². The van der Waals surface area contributed by atoms with E-state index in [9.17, 15) is 4.79 Å². The van der Waals surface area contributed by atoms with Crippen molar-refractivity contribution in [3.05, 3.63) is 17.7 Å². The molecule has 0 atom stereocenters. The number of carbonyl (C=O) groups excluding carboxylic acids is 1. The van der Waals surface area contributed by atoms with Crippen LogP contribution < -0.4 is 0 Å². The first kappa shape index (κ1) is 10.8. The third kappa shape index (κ3) is 2.75. The van der Waals surface area contributed by atoms with Gasteiger partial charge in [-0.1, -0.05) is 15.9 Å². The van der Waals surface area contributed by atoms with Crippen LogP contribution in [-0.4, -0.2) is 21.1 Å². The second-order valence-corrected chi connectivity index (χ2v) is 2.53. The van der Waals surface area contributed by atoms with Gasteiger partial charge in [0.25, 0.3) is 0 Å². The van der Waals surface area contributed by atoms with E-state index in [1.165, 1.54) is 0 Å². The summed E-state index contributed by atoms with van der Waals surface area (Å²) in [7, 11) is 0. The quantitative estimate of drug-likeness (QED) is 0.665. The molecule has 0 saturated heterocycles. The number of hydrogen-bond donors (Lipinski definition) is 1. The molecule has 0 saturated carbocycles. The molecule has 0 radical (unpaired) electrons. The molecule has 0 aliphatic carbocycles. The van der Waals surface area contributed by atoms with Crippen LogP contribution in [0.15, 0.2) is 6.20 Å². The number of aromatic amines is 1. The molecule has 0 amide bonds. The zero-order valence-corrected chi connectivity index (χ0v) is 9.23. The number of aromatic nitrogens is 2. The van der Waals surface area contributed by atoms with Crippen LogP contribution in [0.5, 0.6) is 0 Å². The molecule has 1 heterocycles. The highest BCUT2D eigenvalue weighted by atomic mass is 79.9. The molecule has 0 aliphatic heterocycles. The van der Waals surface area contributed by atoms with Gasteiger partial charge in [0.15, 0.2) is 5.82 Å². The van der Waals surface area contributed by atoms with Crippen molar-refractivity contribution >= 4 is 38.7 Å². The van der Waals surface area contributed by atoms with Crippen LogP contribution in [0.25, 0.3) is 0 Å². The van der Waals surface area contributed by atoms with Crippen molar-refractivity contribution in [3.63, 3.8) is 0 Å². The summed E-state index contributed by atoms with van der Waals surface area (Å²) in [5, 5.41) is 0.319. The number of imidazole rings is 1. The van der Waals surface area contributed by atoms with Gasteiger partial charge in [-0.05, 0) is 6.92 Å². The third-order valence-electron chi connectivity index (χ3n) is 1.09. The van der Waals surface area contributed by atoms with Gasteiger partial charge in [-0.3, -0.25) is 4.79 Å². The Hall–Kier alpha value is -0.160. The number of Topliss-reactive ketones (excluding diaryl/α,β-unsaturated/α-hetero) is 1. The van der Waals surface area contributed by atoms with E-state index in [0.29, 0.717) is 11.2 Å². The predicted molar refractivity (Wildman–Crippen MR) is 51.8 cm³/mol. The molecular weight excluding hydrogens is 276 g/mol. The summed E-state index contributed by atoms with van der Waals surface area (Å²) in [5.41, 5.74) is 0.907. The Labute approximate surface area is 83.5 Å². The summed E-state index contributed by atoms with van der Waals surface area (Å²) in [6, 6.07) is 0. The molecule has 1 rings (SSSR count). The van der Waals surface area contributed by atoms with Crippen LogP contribution in [0.1, 0.15) is 16.3 Å². The molecule has 1 aromatic heterocycles. The van der Waals surface area contributed by atoms with Crippen molar-refractivity contribution in [2.24, 2.45) is 0 Å². The van der Waals surface area contributed by atoms with Gasteiger partial charge in [-0.25, -0.2) is 4.98 Å². The maximum absolute atomic E-state index is 10.9. The van der Waals surface area contributed by atoms with Gasteiger partial charge in [0.1, 0.15) is 0 Å². The first-order valence-electron chi connectivity index (χ1n) is 2.85. The maximum atomic E-state index is 10.9. The topological polar surface area (TPSA) is 45.8 Å². The fourth-order valence-corrected chi connectivity index (χ4v) is 0.883. The van der Waals surface area contributed by atoms with Crippen LogP contribution in [0.4, 0.5) is 0 Å². The van der Waals surface area contributed by atoms with Crippen LogP contribution in [0, 0.1) is 6.92 Å². The second kappa shape index (κ2) is 4.66. The van der Waals surface area contributed by atoms with Crippen molar-refractivity contribution in [2.45, 2.75) is 6.92 Å². The standard InChI is InChI=1S/C6H7BrN2O.BrH/c1-4-3-8-6(9-4)5(10)2-7;/h3H,2H2,1H3,(H,8,9);1H. The summed E-state index contributed by atoms with van der Waals surface area (Å²) in [4.78, 5) is 17.6. The number of carbonyl (C=O) groups is 1. The van der Waals surface area contributed by atoms with E-state index in [-0.39, 0.29) is 22.8 Å². The summed E-state index contributed by atoms with van der Waals surface area (Å²) in [6.45, 7) is 1.86. The number of halogens is 2. The predicted octanol–water partition coefficient (Wildman–Crippen LogP) is 1.87. The normalized spacial score (nSPS) is 8.91. The van der Waals surface area contributed by atoms with Gasteiger partial charge >= 0.3 is 0 Å². The number of alkyl halides is 1. The van der Waals surface area contributed by atoms with E-state index in [4.69, 9.17) is 0 Å². The Morgan fingerprint density at radius 2 is 2.45 bits per heavy atom. The summed E-state index contributed by atoms with van der Waals surface area (Å²) < 4.78 is 0. The van der Waals surface area contributed by atoms with E-state index in [0.717, 1.165) is 5.69 Å². The van der Waals surface area contributed by atoms with E-state index < -0.39 is 0 Å². The minimum atomic E-state index is -0.0203. The fourth-order valence-electron chi connectivity index (χ4n) is 0.618. The molecule has 11 heavy (non-hydrogen) atoms. The van der Waals surface area contributed by atoms with Crippen molar-refractivity contribution in [1.82, 2.24) is 9.97 Å². The lowest BCUT2D eigenvalue weighted by molar-refractivity contribution is 0.101. The number of aryl methyl sites for hydroxylation is 1. The highest BCUT2D eigenvalue weighted by Gasteiger charge is 2.05. The highest BCUT2D eigenvalue weighted by Crippen LogP contribution is 1.97. The number of nitrogens with one attached hydrogen (secondary N) is 1. The minimum Gasteiger partial charge on any atom is -0.340 e. The van der Waals surface area contributed by atoms with E-state index in [1.807, 2.05) is 6.92 Å². The summed E-state index contributed by atoms with van der Waals surface area (Å²) >= 11 is 3.05. The molecule has 5 heteroatoms. The molecule has 0 aromatic carbocycles. The summed E-state index contributed by atoms with van der Waals surface area (Å²) in [5.74, 6) is 0.405. The smallest absolute Gasteiger partial charge is 0.208 e. The van der Waals surface area contributed by atoms with Gasteiger partial charge in [0.05, 0.1) is 5.33 Å². The van der Waals surface area contributed by atoms with Gasteiger partial charge in [0, 0.05) is 11.9 Å². The number of ketones is 1. The van der Waals surface area contributed by atoms with Crippen LogP contribution in [-0.2, 0) is 0 Å². The molecule has 1 aromatic rings. The number of H-pyrrole nitrogens is 1. The highest BCUT2D eigenvalue weighted by molar-refractivity contribution is 9.09. The van der Waals surface area contributed by atoms with Crippen molar-refractivity contribution in [2.75, 3.05) is 5.33 Å². The first-order chi connectivity index (χ1) is 4.74. The molecule has 3 nitrogen and oxygen atoms in total. The van der Waals surface area contributed by atoms with Gasteiger partial charge in [0.2, 0.25) is 5.78 Å². The average Bonchev–Trinajstić information content (AvgIpc) is 2.34. The minimum absolute atomic E-state index is 0. The number of rotatable bonds is 2. The molecule has 62 valence electrons. The van der Waals surface area contributed by atoms with Crippen molar-refractivity contribution in [1.29, 1.82) is 0 Å². The number of nitrogens with zero attached hydrogens (tertiary/aromatic N) is 1. The monoisotopic (exact) mass is 282 g/mol.